The molecule has 1 aromatic carbocycles. The number of nitrogens with zero attached hydrogens (tertiary/aromatic N) is 3. The molecule has 0 spiro atoms. The Hall–Kier alpha value is -2.31. The number of para-hydroxylation sites is 2. The molecule has 0 bridgehead atoms. The molecule has 7 heteroatoms. The fourth-order valence-electron chi connectivity index (χ4n) is 1.90. The van der Waals surface area contributed by atoms with E-state index in [4.69, 9.17) is 0 Å². The molecule has 3 aromatic rings. The van der Waals surface area contributed by atoms with Crippen LogP contribution in [0, 0.1) is 6.92 Å². The Balaban J connectivity index is 2.12. The van der Waals surface area contributed by atoms with Crippen molar-refractivity contribution >= 4 is 11.0 Å². The molecule has 0 amide bonds. The van der Waals surface area contributed by atoms with Gasteiger partial charge in [-0.15, -0.1) is 0 Å². The van der Waals surface area contributed by atoms with Gasteiger partial charge in [-0.2, -0.15) is 18.3 Å². The quantitative estimate of drug-likeness (QED) is 0.735. The number of aromatic amines is 1. The first kappa shape index (κ1) is 11.8. The van der Waals surface area contributed by atoms with Crippen LogP contribution in [-0.4, -0.2) is 19.7 Å². The Morgan fingerprint density at radius 3 is 2.58 bits per heavy atom. The molecule has 0 radical (unpaired) electrons. The molecule has 0 saturated carbocycles. The van der Waals surface area contributed by atoms with E-state index in [0.29, 0.717) is 5.52 Å². The first-order valence-electron chi connectivity index (χ1n) is 5.54. The SMILES string of the molecule is Cc1cn(-c2nc3ccccc3[nH]2)nc1C(F)(F)F. The second-order valence-electron chi connectivity index (χ2n) is 4.18. The van der Waals surface area contributed by atoms with Crippen LogP contribution in [0.15, 0.2) is 30.5 Å². The molecule has 1 N–H and O–H groups in total. The molecular weight excluding hydrogens is 257 g/mol. The summed E-state index contributed by atoms with van der Waals surface area (Å²) in [5, 5.41) is 3.54. The summed E-state index contributed by atoms with van der Waals surface area (Å²) in [5.74, 6) is 0.264. The average Bonchev–Trinajstić information content (AvgIpc) is 2.90. The molecule has 0 unspecified atom stereocenters. The van der Waals surface area contributed by atoms with Crippen molar-refractivity contribution in [3.8, 4) is 5.95 Å². The van der Waals surface area contributed by atoms with Gasteiger partial charge in [0.15, 0.2) is 5.69 Å². The van der Waals surface area contributed by atoms with Gasteiger partial charge < -0.3 is 4.98 Å². The first-order chi connectivity index (χ1) is 8.95. The molecule has 4 nitrogen and oxygen atoms in total. The van der Waals surface area contributed by atoms with E-state index >= 15 is 0 Å². The van der Waals surface area contributed by atoms with Gasteiger partial charge in [0.1, 0.15) is 0 Å². The standard InChI is InChI=1S/C12H9F3N4/c1-7-6-19(18-10(7)12(13,14)15)11-16-8-4-2-3-5-9(8)17-11/h2-6H,1H3,(H,16,17). The monoisotopic (exact) mass is 266 g/mol. The van der Waals surface area contributed by atoms with Crippen molar-refractivity contribution in [2.24, 2.45) is 0 Å². The number of alkyl halides is 3. The minimum atomic E-state index is -4.46. The number of benzene rings is 1. The summed E-state index contributed by atoms with van der Waals surface area (Å²) in [7, 11) is 0. The maximum absolute atomic E-state index is 12.7. The average molecular weight is 266 g/mol. The van der Waals surface area contributed by atoms with Crippen molar-refractivity contribution in [3.05, 3.63) is 41.7 Å². The molecule has 3 rings (SSSR count). The van der Waals surface area contributed by atoms with Crippen molar-refractivity contribution in [3.63, 3.8) is 0 Å². The minimum Gasteiger partial charge on any atom is -0.322 e. The Morgan fingerprint density at radius 2 is 1.95 bits per heavy atom. The fraction of sp³-hybridized carbons (Fsp3) is 0.167. The number of imidazole rings is 1. The number of fused-ring (bicyclic) bond motifs is 1. The van der Waals surface area contributed by atoms with Crippen molar-refractivity contribution < 1.29 is 13.2 Å². The number of rotatable bonds is 1. The summed E-state index contributed by atoms with van der Waals surface area (Å²) in [6, 6.07) is 7.20. The van der Waals surface area contributed by atoms with E-state index < -0.39 is 11.9 Å². The summed E-state index contributed by atoms with van der Waals surface area (Å²) < 4.78 is 39.1. The second kappa shape index (κ2) is 3.84. The van der Waals surface area contributed by atoms with Crippen molar-refractivity contribution in [2.45, 2.75) is 13.1 Å². The Bertz CT molecular complexity index is 706. The summed E-state index contributed by atoms with van der Waals surface area (Å²) in [4.78, 5) is 7.12. The molecule has 0 aliphatic rings. The smallest absolute Gasteiger partial charge is 0.322 e. The maximum Gasteiger partial charge on any atom is 0.435 e. The number of aryl methyl sites for hydroxylation is 1. The molecule has 0 saturated heterocycles. The zero-order valence-electron chi connectivity index (χ0n) is 9.86. The van der Waals surface area contributed by atoms with E-state index in [1.807, 2.05) is 12.1 Å². The van der Waals surface area contributed by atoms with Gasteiger partial charge in [-0.1, -0.05) is 12.1 Å². The van der Waals surface area contributed by atoms with Gasteiger partial charge in [-0.05, 0) is 19.1 Å². The van der Waals surface area contributed by atoms with Crippen LogP contribution in [-0.2, 0) is 6.18 Å². The Kier molecular flexibility index (Phi) is 2.38. The highest BCUT2D eigenvalue weighted by Gasteiger charge is 2.36. The molecule has 19 heavy (non-hydrogen) atoms. The van der Waals surface area contributed by atoms with Gasteiger partial charge >= 0.3 is 6.18 Å². The molecule has 2 heterocycles. The number of halogens is 3. The molecule has 0 aliphatic carbocycles. The summed E-state index contributed by atoms with van der Waals surface area (Å²) in [6.07, 6.45) is -3.15. The van der Waals surface area contributed by atoms with Gasteiger partial charge in [0.2, 0.25) is 5.95 Å². The third-order valence-corrected chi connectivity index (χ3v) is 2.76. The lowest BCUT2D eigenvalue weighted by atomic mass is 10.3. The van der Waals surface area contributed by atoms with E-state index in [9.17, 15) is 13.2 Å². The predicted octanol–water partition coefficient (Wildman–Crippen LogP) is 3.08. The van der Waals surface area contributed by atoms with E-state index in [2.05, 4.69) is 15.1 Å². The van der Waals surface area contributed by atoms with Crippen molar-refractivity contribution in [1.29, 1.82) is 0 Å². The normalized spacial score (nSPS) is 12.2. The van der Waals surface area contributed by atoms with Crippen molar-refractivity contribution in [1.82, 2.24) is 19.7 Å². The zero-order chi connectivity index (χ0) is 13.6. The van der Waals surface area contributed by atoms with Crippen LogP contribution in [0.5, 0.6) is 0 Å². The topological polar surface area (TPSA) is 46.5 Å². The van der Waals surface area contributed by atoms with Crippen LogP contribution in [0.1, 0.15) is 11.3 Å². The number of H-pyrrole nitrogens is 1. The van der Waals surface area contributed by atoms with Crippen LogP contribution < -0.4 is 0 Å². The van der Waals surface area contributed by atoms with Crippen LogP contribution in [0.25, 0.3) is 17.0 Å². The van der Waals surface area contributed by atoms with E-state index in [1.165, 1.54) is 13.1 Å². The second-order valence-corrected chi connectivity index (χ2v) is 4.18. The number of hydrogen-bond donors (Lipinski definition) is 1. The van der Waals surface area contributed by atoms with Crippen LogP contribution in [0.4, 0.5) is 13.2 Å². The zero-order valence-corrected chi connectivity index (χ0v) is 9.86. The highest BCUT2D eigenvalue weighted by Crippen LogP contribution is 2.30. The van der Waals surface area contributed by atoms with Crippen molar-refractivity contribution in [2.75, 3.05) is 0 Å². The van der Waals surface area contributed by atoms with Gasteiger partial charge in [-0.3, -0.25) is 0 Å². The fourth-order valence-corrected chi connectivity index (χ4v) is 1.90. The summed E-state index contributed by atoms with van der Waals surface area (Å²) in [5.41, 5.74) is 0.597. The Morgan fingerprint density at radius 1 is 1.21 bits per heavy atom. The van der Waals surface area contributed by atoms with Gasteiger partial charge in [0.25, 0.3) is 0 Å². The lowest BCUT2D eigenvalue weighted by Crippen LogP contribution is -2.09. The van der Waals surface area contributed by atoms with Crippen LogP contribution in [0.2, 0.25) is 0 Å². The molecule has 2 aromatic heterocycles. The lowest BCUT2D eigenvalue weighted by molar-refractivity contribution is -0.141. The molecule has 0 fully saturated rings. The largest absolute Gasteiger partial charge is 0.435 e. The van der Waals surface area contributed by atoms with E-state index in [0.717, 1.165) is 10.2 Å². The summed E-state index contributed by atoms with van der Waals surface area (Å²) >= 11 is 0. The number of aromatic nitrogens is 4. The molecule has 98 valence electrons. The van der Waals surface area contributed by atoms with E-state index in [-0.39, 0.29) is 11.5 Å². The summed E-state index contributed by atoms with van der Waals surface area (Å²) in [6.45, 7) is 1.37. The van der Waals surface area contributed by atoms with E-state index in [1.54, 1.807) is 12.1 Å². The Labute approximate surface area is 105 Å². The number of hydrogen-bond acceptors (Lipinski definition) is 2. The number of nitrogens with one attached hydrogen (secondary N) is 1. The minimum absolute atomic E-state index is 0.0629. The lowest BCUT2D eigenvalue weighted by Gasteiger charge is -2.01. The van der Waals surface area contributed by atoms with Gasteiger partial charge in [-0.25, -0.2) is 9.67 Å². The van der Waals surface area contributed by atoms with Gasteiger partial charge in [0.05, 0.1) is 11.0 Å². The molecular formula is C12H9F3N4. The predicted molar refractivity (Wildman–Crippen MR) is 63.0 cm³/mol. The third kappa shape index (κ3) is 1.96. The van der Waals surface area contributed by atoms with Crippen LogP contribution >= 0.6 is 0 Å². The highest BCUT2D eigenvalue weighted by molar-refractivity contribution is 5.75. The first-order valence-corrected chi connectivity index (χ1v) is 5.54. The van der Waals surface area contributed by atoms with Gasteiger partial charge in [0, 0.05) is 11.8 Å². The highest BCUT2D eigenvalue weighted by atomic mass is 19.4. The van der Waals surface area contributed by atoms with Crippen LogP contribution in [0.3, 0.4) is 0 Å². The molecule has 0 atom stereocenters. The molecule has 0 aliphatic heterocycles. The maximum atomic E-state index is 12.7. The third-order valence-electron chi connectivity index (χ3n) is 2.76.